The standard InChI is InChI=1S/C24H23N5O2/c30-24(29-12-14-31-15-13-29)21-16-18(10-11-25-21)26-23-19-8-4-5-9-20(19)27-22(28-23)17-6-2-1-3-7-17/h1-9,16H,10-15H2,(H,26,27,28). The number of nitrogens with zero attached hydrogens (tertiary/aromatic N) is 4. The van der Waals surface area contributed by atoms with Crippen LogP contribution in [0.5, 0.6) is 0 Å². The van der Waals surface area contributed by atoms with Gasteiger partial charge >= 0.3 is 0 Å². The summed E-state index contributed by atoms with van der Waals surface area (Å²) in [5, 5.41) is 4.39. The van der Waals surface area contributed by atoms with Crippen molar-refractivity contribution in [2.75, 3.05) is 38.2 Å². The van der Waals surface area contributed by atoms with E-state index in [0.29, 0.717) is 44.4 Å². The summed E-state index contributed by atoms with van der Waals surface area (Å²) < 4.78 is 5.35. The molecule has 3 heterocycles. The van der Waals surface area contributed by atoms with Crippen LogP contribution in [0.4, 0.5) is 5.82 Å². The van der Waals surface area contributed by atoms with Crippen molar-refractivity contribution < 1.29 is 9.53 Å². The molecule has 7 heteroatoms. The van der Waals surface area contributed by atoms with E-state index >= 15 is 0 Å². The molecule has 0 bridgehead atoms. The fourth-order valence-corrected chi connectivity index (χ4v) is 3.78. The van der Waals surface area contributed by atoms with Crippen LogP contribution in [-0.4, -0.2) is 59.3 Å². The summed E-state index contributed by atoms with van der Waals surface area (Å²) in [7, 11) is 0. The number of carbonyl (C=O) groups is 1. The highest BCUT2D eigenvalue weighted by molar-refractivity contribution is 6.43. The average Bonchev–Trinajstić information content (AvgIpc) is 2.85. The maximum atomic E-state index is 12.8. The number of dihydropyridines is 1. The third-order valence-corrected chi connectivity index (χ3v) is 5.41. The first-order valence-corrected chi connectivity index (χ1v) is 10.5. The Morgan fingerprint density at radius 2 is 1.74 bits per heavy atom. The molecule has 1 amide bonds. The van der Waals surface area contributed by atoms with Crippen molar-refractivity contribution in [1.29, 1.82) is 0 Å². The predicted octanol–water partition coefficient (Wildman–Crippen LogP) is 3.30. The lowest BCUT2D eigenvalue weighted by atomic mass is 10.1. The highest BCUT2D eigenvalue weighted by Gasteiger charge is 2.23. The van der Waals surface area contributed by atoms with Crippen LogP contribution in [0.25, 0.3) is 22.3 Å². The number of amides is 1. The van der Waals surface area contributed by atoms with E-state index < -0.39 is 0 Å². The van der Waals surface area contributed by atoms with Gasteiger partial charge in [0, 0.05) is 42.7 Å². The van der Waals surface area contributed by atoms with E-state index in [1.54, 1.807) is 4.90 Å². The number of benzene rings is 2. The minimum absolute atomic E-state index is 0.0418. The van der Waals surface area contributed by atoms with Gasteiger partial charge in [-0.2, -0.15) is 0 Å². The number of rotatable bonds is 4. The zero-order chi connectivity index (χ0) is 21.0. The van der Waals surface area contributed by atoms with Crippen LogP contribution >= 0.6 is 0 Å². The summed E-state index contributed by atoms with van der Waals surface area (Å²) >= 11 is 0. The minimum atomic E-state index is -0.0418. The van der Waals surface area contributed by atoms with Crippen LogP contribution in [0, 0.1) is 0 Å². The number of fused-ring (bicyclic) bond motifs is 1. The third kappa shape index (κ3) is 4.18. The van der Waals surface area contributed by atoms with Gasteiger partial charge in [-0.05, 0) is 18.2 Å². The van der Waals surface area contributed by atoms with Gasteiger partial charge < -0.3 is 15.0 Å². The molecule has 156 valence electrons. The lowest BCUT2D eigenvalue weighted by Gasteiger charge is -2.27. The molecule has 2 aliphatic heterocycles. The van der Waals surface area contributed by atoms with Gasteiger partial charge in [-0.1, -0.05) is 42.5 Å². The molecule has 0 atom stereocenters. The van der Waals surface area contributed by atoms with Crippen LogP contribution in [0.1, 0.15) is 6.42 Å². The average molecular weight is 413 g/mol. The number of aliphatic imine (C=N–C) groups is 1. The van der Waals surface area contributed by atoms with Crippen LogP contribution in [0.15, 0.2) is 71.4 Å². The number of ether oxygens (including phenoxy) is 1. The minimum Gasteiger partial charge on any atom is -0.378 e. The van der Waals surface area contributed by atoms with E-state index in [1.807, 2.05) is 60.7 Å². The molecular formula is C24H23N5O2. The van der Waals surface area contributed by atoms with E-state index in [-0.39, 0.29) is 5.91 Å². The van der Waals surface area contributed by atoms with Gasteiger partial charge in [-0.3, -0.25) is 9.79 Å². The molecule has 0 spiro atoms. The maximum Gasteiger partial charge on any atom is 0.272 e. The van der Waals surface area contributed by atoms with Crippen LogP contribution < -0.4 is 5.32 Å². The van der Waals surface area contributed by atoms with Crippen molar-refractivity contribution >= 4 is 28.3 Å². The van der Waals surface area contributed by atoms with E-state index in [2.05, 4.69) is 10.3 Å². The summed E-state index contributed by atoms with van der Waals surface area (Å²) in [6.07, 6.45) is 2.57. The van der Waals surface area contributed by atoms with Crippen molar-refractivity contribution in [3.05, 3.63) is 66.4 Å². The Morgan fingerprint density at radius 1 is 0.968 bits per heavy atom. The fourth-order valence-electron chi connectivity index (χ4n) is 3.78. The van der Waals surface area contributed by atoms with E-state index in [4.69, 9.17) is 14.7 Å². The molecule has 2 aromatic carbocycles. The second-order valence-corrected chi connectivity index (χ2v) is 7.50. The van der Waals surface area contributed by atoms with Gasteiger partial charge in [-0.25, -0.2) is 9.97 Å². The first-order valence-electron chi connectivity index (χ1n) is 10.5. The zero-order valence-electron chi connectivity index (χ0n) is 17.1. The summed E-state index contributed by atoms with van der Waals surface area (Å²) in [4.78, 5) is 28.7. The van der Waals surface area contributed by atoms with E-state index in [1.165, 1.54) is 0 Å². The summed E-state index contributed by atoms with van der Waals surface area (Å²) in [6.45, 7) is 2.92. The van der Waals surface area contributed by atoms with Crippen molar-refractivity contribution in [2.45, 2.75) is 6.42 Å². The molecule has 0 radical (unpaired) electrons. The number of hydrogen-bond donors (Lipinski definition) is 1. The number of para-hydroxylation sites is 1. The maximum absolute atomic E-state index is 12.8. The molecule has 0 saturated carbocycles. The summed E-state index contributed by atoms with van der Waals surface area (Å²) in [5.41, 5.74) is 3.24. The number of aromatic nitrogens is 2. The van der Waals surface area contributed by atoms with Gasteiger partial charge in [0.1, 0.15) is 11.5 Å². The second kappa shape index (κ2) is 8.65. The predicted molar refractivity (Wildman–Crippen MR) is 121 cm³/mol. The molecule has 2 aliphatic rings. The molecule has 3 aromatic rings. The third-order valence-electron chi connectivity index (χ3n) is 5.41. The molecule has 1 aromatic heterocycles. The monoisotopic (exact) mass is 413 g/mol. The van der Waals surface area contributed by atoms with E-state index in [0.717, 1.165) is 34.4 Å². The summed E-state index contributed by atoms with van der Waals surface area (Å²) in [5.74, 6) is 1.35. The molecule has 31 heavy (non-hydrogen) atoms. The number of nitrogens with one attached hydrogen (secondary N) is 1. The van der Waals surface area contributed by atoms with Gasteiger partial charge in [0.15, 0.2) is 5.82 Å². The van der Waals surface area contributed by atoms with Crippen LogP contribution in [-0.2, 0) is 9.53 Å². The number of hydrogen-bond acceptors (Lipinski definition) is 6. The van der Waals surface area contributed by atoms with Crippen molar-refractivity contribution in [3.63, 3.8) is 0 Å². The molecule has 1 saturated heterocycles. The van der Waals surface area contributed by atoms with Crippen LogP contribution in [0.3, 0.4) is 0 Å². The van der Waals surface area contributed by atoms with Gasteiger partial charge in [0.05, 0.1) is 18.7 Å². The molecule has 7 nitrogen and oxygen atoms in total. The van der Waals surface area contributed by atoms with Crippen molar-refractivity contribution in [3.8, 4) is 11.4 Å². The van der Waals surface area contributed by atoms with Crippen LogP contribution in [0.2, 0.25) is 0 Å². The Kier molecular flexibility index (Phi) is 5.41. The number of morpholine rings is 1. The van der Waals surface area contributed by atoms with Gasteiger partial charge in [0.2, 0.25) is 0 Å². The molecule has 0 unspecified atom stereocenters. The normalized spacial score (nSPS) is 16.6. The topological polar surface area (TPSA) is 79.7 Å². The van der Waals surface area contributed by atoms with Gasteiger partial charge in [0.25, 0.3) is 5.91 Å². The first kappa shape index (κ1) is 19.4. The Balaban J connectivity index is 1.46. The molecule has 5 rings (SSSR count). The Bertz CT molecular complexity index is 1170. The van der Waals surface area contributed by atoms with Crippen molar-refractivity contribution in [1.82, 2.24) is 14.9 Å². The van der Waals surface area contributed by atoms with Gasteiger partial charge in [-0.15, -0.1) is 0 Å². The Hall–Kier alpha value is -3.58. The van der Waals surface area contributed by atoms with E-state index in [9.17, 15) is 4.79 Å². The highest BCUT2D eigenvalue weighted by atomic mass is 16.5. The lowest BCUT2D eigenvalue weighted by Crippen LogP contribution is -2.44. The van der Waals surface area contributed by atoms with Crippen molar-refractivity contribution in [2.24, 2.45) is 4.99 Å². The number of carbonyl (C=O) groups excluding carboxylic acids is 1. The quantitative estimate of drug-likeness (QED) is 0.710. The lowest BCUT2D eigenvalue weighted by molar-refractivity contribution is -0.127. The summed E-state index contributed by atoms with van der Waals surface area (Å²) in [6, 6.07) is 17.9. The number of anilines is 1. The Labute approximate surface area is 180 Å². The highest BCUT2D eigenvalue weighted by Crippen LogP contribution is 2.26. The first-order chi connectivity index (χ1) is 15.3. The largest absolute Gasteiger partial charge is 0.378 e. The SMILES string of the molecule is O=C(C1=NCCC(Nc2nc(-c3ccccc3)nc3ccccc23)=C1)N1CCOCC1. The second-order valence-electron chi connectivity index (χ2n) is 7.50. The molecule has 1 N–H and O–H groups in total. The Morgan fingerprint density at radius 3 is 2.58 bits per heavy atom. The molecule has 0 aliphatic carbocycles. The molecular weight excluding hydrogens is 390 g/mol. The zero-order valence-corrected chi connectivity index (χ0v) is 17.1. The smallest absolute Gasteiger partial charge is 0.272 e. The molecule has 1 fully saturated rings. The fraction of sp³-hybridized carbons (Fsp3) is 0.250.